The molecule has 0 atom stereocenters. The summed E-state index contributed by atoms with van der Waals surface area (Å²) in [5.41, 5.74) is 6.59. The molecular formula is C44H29N17Pt2S3. The van der Waals surface area contributed by atoms with Crippen molar-refractivity contribution in [1.82, 2.24) is 33.6 Å². The maximum atomic E-state index is 4.83. The molecule has 6 aliphatic rings. The fourth-order valence-corrected chi connectivity index (χ4v) is 9.31. The van der Waals surface area contributed by atoms with Crippen molar-refractivity contribution in [3.05, 3.63) is 183 Å². The van der Waals surface area contributed by atoms with E-state index in [0.29, 0.717) is 67.9 Å². The van der Waals surface area contributed by atoms with Crippen LogP contribution in [0.5, 0.6) is 0 Å². The molecule has 3 aromatic carbocycles. The Hall–Kier alpha value is -6.56. The minimum Gasteiger partial charge on any atom is -0.428 e. The predicted molar refractivity (Wildman–Crippen MR) is 259 cm³/mol. The molecule has 7 aromatic rings. The Bertz CT molecular complexity index is 3150. The molecule has 16 bridgehead atoms. The van der Waals surface area contributed by atoms with Gasteiger partial charge < -0.3 is 60.2 Å². The van der Waals surface area contributed by atoms with E-state index >= 15 is 0 Å². The molecule has 0 saturated carbocycles. The van der Waals surface area contributed by atoms with Crippen LogP contribution >= 0.6 is 34.9 Å². The van der Waals surface area contributed by atoms with Crippen molar-refractivity contribution in [3.63, 3.8) is 0 Å². The summed E-state index contributed by atoms with van der Waals surface area (Å²) in [6.07, 6.45) is 9.52. The van der Waals surface area contributed by atoms with Gasteiger partial charge in [-0.15, -0.1) is 34.9 Å². The summed E-state index contributed by atoms with van der Waals surface area (Å²) in [4.78, 5) is 41.6. The summed E-state index contributed by atoms with van der Waals surface area (Å²) in [7, 11) is 3.86. The number of benzene rings is 3. The van der Waals surface area contributed by atoms with E-state index in [-0.39, 0.29) is 42.1 Å². The minimum atomic E-state index is 0. The molecule has 0 amide bonds. The minimum absolute atomic E-state index is 0. The Balaban J connectivity index is 0.000000155. The fraction of sp³-hybridized carbons (Fsp3) is 0.0455. The normalized spacial score (nSPS) is 15.9. The number of nitrogens with zero attached hydrogens (tertiary/aromatic N) is 17. The van der Waals surface area contributed by atoms with E-state index in [1.54, 1.807) is 0 Å². The van der Waals surface area contributed by atoms with Crippen LogP contribution in [0.15, 0.2) is 158 Å². The van der Waals surface area contributed by atoms with Crippen LogP contribution in [0, 0.1) is 0 Å². The van der Waals surface area contributed by atoms with Gasteiger partial charge in [0.2, 0.25) is 0 Å². The number of aromatic nitrogens is 7. The summed E-state index contributed by atoms with van der Waals surface area (Å²) >= 11 is 4.40. The Kier molecular flexibility index (Phi) is 11.8. The third kappa shape index (κ3) is 8.30. The number of aliphatic imine (C=N–C) groups is 4. The van der Waals surface area contributed by atoms with Crippen LogP contribution in [0.2, 0.25) is 0 Å². The predicted octanol–water partition coefficient (Wildman–Crippen LogP) is 11.1. The maximum absolute atomic E-state index is 4.83. The van der Waals surface area contributed by atoms with Gasteiger partial charge in [-0.05, 0) is 62.8 Å². The Morgan fingerprint density at radius 1 is 0.470 bits per heavy atom. The molecule has 0 fully saturated rings. The number of hydrogen-bond donors (Lipinski definition) is 0. The Morgan fingerprint density at radius 2 is 0.955 bits per heavy atom. The molecular weight excluding hydrogens is 1250 g/mol. The van der Waals surface area contributed by atoms with Crippen molar-refractivity contribution in [2.75, 3.05) is 9.80 Å². The van der Waals surface area contributed by atoms with Crippen molar-refractivity contribution < 1.29 is 42.1 Å². The topological polar surface area (TPSA) is 179 Å². The van der Waals surface area contributed by atoms with Gasteiger partial charge >= 0.3 is 42.1 Å². The van der Waals surface area contributed by atoms with Gasteiger partial charge in [-0.1, -0.05) is 78.9 Å². The smallest absolute Gasteiger partial charge is 0.428 e. The molecule has 4 aromatic heterocycles. The van der Waals surface area contributed by atoms with Gasteiger partial charge in [0, 0.05) is 72.8 Å². The number of hydrogen-bond acceptors (Lipinski definition) is 13. The average molecular weight is 1280 g/mol. The summed E-state index contributed by atoms with van der Waals surface area (Å²) in [6, 6.07) is 30.0. The zero-order valence-electron chi connectivity index (χ0n) is 34.2. The molecule has 22 heteroatoms. The number of aryl methyl sites for hydroxylation is 2. The average Bonchev–Trinajstić information content (AvgIpc) is 4.17. The number of fused-ring (bicyclic) bond motifs is 20. The van der Waals surface area contributed by atoms with Gasteiger partial charge in [0.05, 0.1) is 11.5 Å². The molecule has 0 N–H and O–H groups in total. The van der Waals surface area contributed by atoms with Crippen LogP contribution in [-0.4, -0.2) is 55.9 Å². The summed E-state index contributed by atoms with van der Waals surface area (Å²) < 4.78 is 5.82. The van der Waals surface area contributed by atoms with Gasteiger partial charge in [-0.25, -0.2) is 19.9 Å². The van der Waals surface area contributed by atoms with E-state index in [4.69, 9.17) is 35.6 Å². The standard InChI is InChI=1S/C26H20N10.C18H9N7S3.2Pt/c1-33-15-21-29-23(33)19-13-35(17-9-5-3-6-10-17)25(27-19)32-22-16-34(2)24(30-22)20-14-36(26(28-20)31-21)18-11-7-4-8-12-18;1-2-4-10(5-3-1)25-6-14-22-15(25)13-9-28-18(21-13)24-17-20-12(8-27-17)11-7-26-16(19-11)23-14;;/h3-16H,1-2H3;1-9H;;/q2*-2;2*+2. The first-order chi connectivity index (χ1) is 31.4. The van der Waals surface area contributed by atoms with Crippen LogP contribution in [0.1, 0.15) is 23.2 Å². The third-order valence-corrected chi connectivity index (χ3v) is 12.4. The van der Waals surface area contributed by atoms with Gasteiger partial charge in [-0.3, -0.25) is 4.57 Å². The van der Waals surface area contributed by atoms with E-state index in [2.05, 4.69) is 25.6 Å². The summed E-state index contributed by atoms with van der Waals surface area (Å²) in [5.74, 6) is 4.75. The molecule has 13 rings (SSSR count). The van der Waals surface area contributed by atoms with Crippen LogP contribution in [0.3, 0.4) is 0 Å². The van der Waals surface area contributed by atoms with E-state index in [1.807, 2.05) is 176 Å². The molecule has 0 aliphatic carbocycles. The Morgan fingerprint density at radius 3 is 1.53 bits per heavy atom. The molecule has 17 nitrogen and oxygen atoms in total. The molecule has 0 radical (unpaired) electrons. The number of para-hydroxylation sites is 3. The first-order valence-electron chi connectivity index (χ1n) is 19.7. The summed E-state index contributed by atoms with van der Waals surface area (Å²) in [5, 5.41) is 26.7. The second-order valence-electron chi connectivity index (χ2n) is 14.5. The zero-order chi connectivity index (χ0) is 42.7. The van der Waals surface area contributed by atoms with Crippen molar-refractivity contribution in [1.29, 1.82) is 0 Å². The zero-order valence-corrected chi connectivity index (χ0v) is 41.2. The molecule has 66 heavy (non-hydrogen) atoms. The second-order valence-corrected chi connectivity index (χ2v) is 17.0. The number of imidazole rings is 3. The van der Waals surface area contributed by atoms with E-state index in [9.17, 15) is 0 Å². The molecule has 6 aliphatic heterocycles. The van der Waals surface area contributed by atoms with Crippen molar-refractivity contribution in [2.45, 2.75) is 0 Å². The van der Waals surface area contributed by atoms with Crippen LogP contribution in [-0.2, 0) is 56.2 Å². The van der Waals surface area contributed by atoms with Gasteiger partial charge in [0.1, 0.15) is 34.2 Å². The number of anilines is 2. The fourth-order valence-electron chi connectivity index (χ4n) is 7.21. The number of rotatable bonds is 3. The van der Waals surface area contributed by atoms with Crippen molar-refractivity contribution >= 4 is 114 Å². The van der Waals surface area contributed by atoms with E-state index in [1.165, 1.54) is 34.9 Å². The quantitative estimate of drug-likeness (QED) is 0.168. The largest absolute Gasteiger partial charge is 2.00 e. The van der Waals surface area contributed by atoms with Gasteiger partial charge in [0.25, 0.3) is 0 Å². The van der Waals surface area contributed by atoms with Crippen LogP contribution in [0.4, 0.5) is 34.0 Å². The van der Waals surface area contributed by atoms with Crippen LogP contribution in [0.25, 0.3) is 49.7 Å². The number of thiazole rings is 1. The SMILES string of the molecule is C1=C2[N-]C(=Nc3cn(-c4ccccc4)c(n3)C3=CSC(=Nc4nc2cs4)[N-]3)S1.Cn1cc2nc1C1=CN(c3ccccc3)C(=Nc3cn(C)c(n3)C3=CN(c4ccccc4)C(=N2)[N-]3)[N-]1.[Pt+2].[Pt+2]. The maximum Gasteiger partial charge on any atom is 2.00 e. The molecule has 0 spiro atoms. The summed E-state index contributed by atoms with van der Waals surface area (Å²) in [6.45, 7) is 0. The molecule has 10 heterocycles. The van der Waals surface area contributed by atoms with Crippen LogP contribution < -0.4 is 9.80 Å². The van der Waals surface area contributed by atoms with Gasteiger partial charge in [-0.2, -0.15) is 0 Å². The Labute approximate surface area is 418 Å². The number of thioether (sulfide) groups is 2. The first kappa shape index (κ1) is 43.3. The third-order valence-electron chi connectivity index (χ3n) is 10.2. The monoisotopic (exact) mass is 1280 g/mol. The molecule has 0 unspecified atom stereocenters. The van der Waals surface area contributed by atoms with Gasteiger partial charge in [0.15, 0.2) is 0 Å². The van der Waals surface area contributed by atoms with E-state index < -0.39 is 0 Å². The second kappa shape index (κ2) is 18.0. The molecule has 328 valence electrons. The van der Waals surface area contributed by atoms with Crippen molar-refractivity contribution in [2.24, 2.45) is 34.1 Å². The first-order valence-corrected chi connectivity index (χ1v) is 22.3. The number of guanidine groups is 2. The number of amidine groups is 2. The molecule has 0 saturated heterocycles. The van der Waals surface area contributed by atoms with Crippen molar-refractivity contribution in [3.8, 4) is 5.69 Å². The van der Waals surface area contributed by atoms with E-state index in [0.717, 1.165) is 40.0 Å².